The molecular formula is C17H18FNO4S. The number of rotatable bonds is 6. The minimum absolute atomic E-state index is 0.0365. The molecule has 0 aromatic heterocycles. The normalized spacial score (nSPS) is 11.3. The Bertz CT molecular complexity index is 832. The highest BCUT2D eigenvalue weighted by atomic mass is 32.2. The fourth-order valence-electron chi connectivity index (χ4n) is 2.06. The number of hydrogen-bond acceptors (Lipinski definition) is 4. The summed E-state index contributed by atoms with van der Waals surface area (Å²) in [6.07, 6.45) is 0. The summed E-state index contributed by atoms with van der Waals surface area (Å²) in [7, 11) is -3.73. The van der Waals surface area contributed by atoms with E-state index in [1.807, 2.05) is 0 Å². The zero-order valence-electron chi connectivity index (χ0n) is 13.4. The van der Waals surface area contributed by atoms with Crippen molar-refractivity contribution < 1.29 is 22.3 Å². The number of benzene rings is 2. The van der Waals surface area contributed by atoms with Gasteiger partial charge in [0, 0.05) is 6.54 Å². The van der Waals surface area contributed by atoms with Crippen molar-refractivity contribution in [1.82, 2.24) is 4.72 Å². The van der Waals surface area contributed by atoms with Crippen molar-refractivity contribution in [3.05, 3.63) is 65.0 Å². The van der Waals surface area contributed by atoms with Crippen LogP contribution in [-0.2, 0) is 21.3 Å². The molecule has 128 valence electrons. The Balaban J connectivity index is 2.09. The Labute approximate surface area is 140 Å². The minimum Gasteiger partial charge on any atom is -0.462 e. The maximum absolute atomic E-state index is 13.2. The molecule has 0 fully saturated rings. The van der Waals surface area contributed by atoms with Crippen molar-refractivity contribution in [2.45, 2.75) is 25.3 Å². The zero-order chi connectivity index (χ0) is 17.7. The zero-order valence-corrected chi connectivity index (χ0v) is 14.2. The van der Waals surface area contributed by atoms with Gasteiger partial charge in [0.1, 0.15) is 5.82 Å². The number of esters is 1. The molecule has 0 aliphatic rings. The average molecular weight is 351 g/mol. The van der Waals surface area contributed by atoms with E-state index in [9.17, 15) is 17.6 Å². The third kappa shape index (κ3) is 4.39. The Hall–Kier alpha value is -2.25. The number of carbonyl (C=O) groups is 1. The highest BCUT2D eigenvalue weighted by Gasteiger charge is 2.15. The molecule has 24 heavy (non-hydrogen) atoms. The Morgan fingerprint density at radius 1 is 1.17 bits per heavy atom. The van der Waals surface area contributed by atoms with Gasteiger partial charge in [-0.3, -0.25) is 0 Å². The van der Waals surface area contributed by atoms with Crippen molar-refractivity contribution in [3.63, 3.8) is 0 Å². The van der Waals surface area contributed by atoms with Gasteiger partial charge in [-0.15, -0.1) is 0 Å². The van der Waals surface area contributed by atoms with Crippen LogP contribution in [0.4, 0.5) is 4.39 Å². The fraction of sp³-hybridized carbons (Fsp3) is 0.235. The second-order valence-electron chi connectivity index (χ2n) is 5.15. The first-order valence-corrected chi connectivity index (χ1v) is 8.83. The van der Waals surface area contributed by atoms with E-state index < -0.39 is 16.0 Å². The van der Waals surface area contributed by atoms with Gasteiger partial charge in [-0.1, -0.05) is 12.1 Å². The molecule has 0 saturated heterocycles. The van der Waals surface area contributed by atoms with Gasteiger partial charge in [0.05, 0.1) is 17.1 Å². The lowest BCUT2D eigenvalue weighted by Gasteiger charge is -2.08. The third-order valence-corrected chi connectivity index (χ3v) is 4.78. The summed E-state index contributed by atoms with van der Waals surface area (Å²) in [5.41, 5.74) is 1.39. The monoisotopic (exact) mass is 351 g/mol. The van der Waals surface area contributed by atoms with E-state index in [1.54, 1.807) is 19.9 Å². The number of sulfonamides is 1. The predicted molar refractivity (Wildman–Crippen MR) is 87.6 cm³/mol. The van der Waals surface area contributed by atoms with Crippen LogP contribution in [0.25, 0.3) is 0 Å². The molecule has 0 aliphatic heterocycles. The first-order valence-electron chi connectivity index (χ1n) is 7.35. The predicted octanol–water partition coefficient (Wildman–Crippen LogP) is 2.79. The van der Waals surface area contributed by atoms with E-state index in [2.05, 4.69) is 4.72 Å². The molecule has 0 radical (unpaired) electrons. The Kier molecular flexibility index (Phi) is 5.69. The molecule has 5 nitrogen and oxygen atoms in total. The van der Waals surface area contributed by atoms with Crippen LogP contribution in [0.2, 0.25) is 0 Å². The topological polar surface area (TPSA) is 72.5 Å². The lowest BCUT2D eigenvalue weighted by molar-refractivity contribution is 0.0526. The first kappa shape index (κ1) is 18.1. The second kappa shape index (κ2) is 7.55. The molecule has 0 aliphatic carbocycles. The smallest absolute Gasteiger partial charge is 0.338 e. The van der Waals surface area contributed by atoms with Gasteiger partial charge in [-0.05, 0) is 55.3 Å². The highest BCUT2D eigenvalue weighted by molar-refractivity contribution is 7.89. The second-order valence-corrected chi connectivity index (χ2v) is 6.92. The van der Waals surface area contributed by atoms with E-state index in [1.165, 1.54) is 36.4 Å². The summed E-state index contributed by atoms with van der Waals surface area (Å²) >= 11 is 0. The summed E-state index contributed by atoms with van der Waals surface area (Å²) in [6, 6.07) is 9.88. The Morgan fingerprint density at radius 3 is 2.42 bits per heavy atom. The molecule has 0 saturated carbocycles. The summed E-state index contributed by atoms with van der Waals surface area (Å²) in [4.78, 5) is 11.6. The van der Waals surface area contributed by atoms with Gasteiger partial charge in [0.25, 0.3) is 0 Å². The molecule has 0 bridgehead atoms. The van der Waals surface area contributed by atoms with Crippen LogP contribution >= 0.6 is 0 Å². The van der Waals surface area contributed by atoms with Crippen LogP contribution < -0.4 is 4.72 Å². The van der Waals surface area contributed by atoms with Gasteiger partial charge < -0.3 is 4.74 Å². The van der Waals surface area contributed by atoms with Crippen molar-refractivity contribution in [3.8, 4) is 0 Å². The van der Waals surface area contributed by atoms with Gasteiger partial charge in [0.15, 0.2) is 0 Å². The number of hydrogen-bond donors (Lipinski definition) is 1. The largest absolute Gasteiger partial charge is 0.462 e. The molecule has 2 aromatic rings. The number of halogens is 1. The summed E-state index contributed by atoms with van der Waals surface area (Å²) in [5, 5.41) is 0. The molecule has 0 atom stereocenters. The molecule has 2 rings (SSSR count). The number of nitrogens with one attached hydrogen (secondary N) is 1. The van der Waals surface area contributed by atoms with E-state index >= 15 is 0 Å². The number of aryl methyl sites for hydroxylation is 1. The van der Waals surface area contributed by atoms with Crippen LogP contribution in [0.1, 0.15) is 28.4 Å². The summed E-state index contributed by atoms with van der Waals surface area (Å²) in [5.74, 6) is -0.840. The molecule has 0 heterocycles. The fourth-order valence-corrected chi connectivity index (χ4v) is 3.08. The quantitative estimate of drug-likeness (QED) is 0.812. The highest BCUT2D eigenvalue weighted by Crippen LogP contribution is 2.13. The van der Waals surface area contributed by atoms with Crippen molar-refractivity contribution in [2.75, 3.05) is 6.61 Å². The van der Waals surface area contributed by atoms with Gasteiger partial charge in [-0.2, -0.15) is 0 Å². The van der Waals surface area contributed by atoms with Crippen LogP contribution in [0, 0.1) is 12.7 Å². The lowest BCUT2D eigenvalue weighted by Crippen LogP contribution is -2.23. The standard InChI is InChI=1S/C17H18FNO4S/c1-3-23-17(20)14-5-7-15(8-6-14)24(21,22)19-11-13-4-9-16(18)12(2)10-13/h4-10,19H,3,11H2,1-2H3. The Morgan fingerprint density at radius 2 is 1.83 bits per heavy atom. The molecule has 2 aromatic carbocycles. The molecular weight excluding hydrogens is 333 g/mol. The molecule has 0 unspecified atom stereocenters. The average Bonchev–Trinajstić information content (AvgIpc) is 2.56. The van der Waals surface area contributed by atoms with Crippen LogP contribution in [0.3, 0.4) is 0 Å². The van der Waals surface area contributed by atoms with E-state index in [4.69, 9.17) is 4.74 Å². The summed E-state index contributed by atoms with van der Waals surface area (Å²) < 4.78 is 45.0. The van der Waals surface area contributed by atoms with E-state index in [0.717, 1.165) is 0 Å². The number of carbonyl (C=O) groups excluding carboxylic acids is 1. The van der Waals surface area contributed by atoms with Crippen molar-refractivity contribution >= 4 is 16.0 Å². The van der Waals surface area contributed by atoms with Crippen molar-refractivity contribution in [2.24, 2.45) is 0 Å². The maximum Gasteiger partial charge on any atom is 0.338 e. The third-order valence-electron chi connectivity index (χ3n) is 3.36. The van der Waals surface area contributed by atoms with Crippen LogP contribution in [0.15, 0.2) is 47.4 Å². The molecule has 1 N–H and O–H groups in total. The van der Waals surface area contributed by atoms with Crippen LogP contribution in [0.5, 0.6) is 0 Å². The SMILES string of the molecule is CCOC(=O)c1ccc(S(=O)(=O)NCc2ccc(F)c(C)c2)cc1. The lowest BCUT2D eigenvalue weighted by atomic mass is 10.1. The van der Waals surface area contributed by atoms with Gasteiger partial charge in [-0.25, -0.2) is 22.3 Å². The molecule has 7 heteroatoms. The van der Waals surface area contributed by atoms with Gasteiger partial charge >= 0.3 is 5.97 Å². The summed E-state index contributed by atoms with van der Waals surface area (Å²) in [6.45, 7) is 3.60. The minimum atomic E-state index is -3.73. The maximum atomic E-state index is 13.2. The van der Waals surface area contributed by atoms with Crippen LogP contribution in [-0.4, -0.2) is 21.0 Å². The first-order chi connectivity index (χ1) is 11.3. The van der Waals surface area contributed by atoms with Crippen molar-refractivity contribution in [1.29, 1.82) is 0 Å². The molecule has 0 spiro atoms. The van der Waals surface area contributed by atoms with Gasteiger partial charge in [0.2, 0.25) is 10.0 Å². The van der Waals surface area contributed by atoms with E-state index in [-0.39, 0.29) is 29.4 Å². The van der Waals surface area contributed by atoms with E-state index in [0.29, 0.717) is 11.1 Å². The number of ether oxygens (including phenoxy) is 1. The molecule has 0 amide bonds.